The predicted molar refractivity (Wildman–Crippen MR) is 124 cm³/mol. The molecule has 2 N–H and O–H groups in total. The zero-order chi connectivity index (χ0) is 24.2. The lowest BCUT2D eigenvalue weighted by atomic mass is 9.94. The maximum absolute atomic E-state index is 13.9. The SMILES string of the molecule is CCOC(=O)C1=C(CN2CCN(c3ccccc3C)CC2)NC(=O)NC1c1ccc(F)c(F)c1. The van der Waals surface area contributed by atoms with Gasteiger partial charge in [-0.05, 0) is 43.2 Å². The number of anilines is 1. The number of halogens is 2. The van der Waals surface area contributed by atoms with E-state index >= 15 is 0 Å². The lowest BCUT2D eigenvalue weighted by Gasteiger charge is -2.38. The van der Waals surface area contributed by atoms with Crippen molar-refractivity contribution in [1.29, 1.82) is 0 Å². The van der Waals surface area contributed by atoms with E-state index in [0.29, 0.717) is 12.2 Å². The first kappa shape index (κ1) is 23.7. The summed E-state index contributed by atoms with van der Waals surface area (Å²) in [5.74, 6) is -2.67. The fourth-order valence-corrected chi connectivity index (χ4v) is 4.42. The standard InChI is InChI=1S/C25H28F2N4O3/c1-3-34-24(32)22-20(28-25(33)29-23(22)17-8-9-18(26)19(27)14-17)15-30-10-12-31(13-11-30)21-7-5-4-6-16(21)2/h4-9,14,23H,3,10-13,15H2,1-2H3,(H2,28,29,33). The van der Waals surface area contributed by atoms with Crippen LogP contribution in [0.3, 0.4) is 0 Å². The Kier molecular flexibility index (Phi) is 7.12. The Morgan fingerprint density at radius 3 is 2.50 bits per heavy atom. The smallest absolute Gasteiger partial charge is 0.338 e. The first-order chi connectivity index (χ1) is 16.4. The van der Waals surface area contributed by atoms with Gasteiger partial charge in [-0.2, -0.15) is 0 Å². The molecular weight excluding hydrogens is 442 g/mol. The van der Waals surface area contributed by atoms with Crippen LogP contribution in [0.2, 0.25) is 0 Å². The van der Waals surface area contributed by atoms with Crippen LogP contribution in [0.15, 0.2) is 53.7 Å². The van der Waals surface area contributed by atoms with E-state index in [2.05, 4.69) is 39.5 Å². The second-order valence-corrected chi connectivity index (χ2v) is 8.37. The van der Waals surface area contributed by atoms with Gasteiger partial charge in [0.2, 0.25) is 0 Å². The molecule has 180 valence electrons. The van der Waals surface area contributed by atoms with E-state index in [1.54, 1.807) is 6.92 Å². The van der Waals surface area contributed by atoms with Crippen molar-refractivity contribution >= 4 is 17.7 Å². The molecular formula is C25H28F2N4O3. The Morgan fingerprint density at radius 1 is 1.09 bits per heavy atom. The van der Waals surface area contributed by atoms with Crippen LogP contribution in [-0.4, -0.2) is 56.2 Å². The second-order valence-electron chi connectivity index (χ2n) is 8.37. The summed E-state index contributed by atoms with van der Waals surface area (Å²) < 4.78 is 32.7. The van der Waals surface area contributed by atoms with Crippen LogP contribution >= 0.6 is 0 Å². The van der Waals surface area contributed by atoms with Crippen LogP contribution in [0.5, 0.6) is 0 Å². The summed E-state index contributed by atoms with van der Waals surface area (Å²) in [7, 11) is 0. The Morgan fingerprint density at radius 2 is 1.82 bits per heavy atom. The fraction of sp³-hybridized carbons (Fsp3) is 0.360. The first-order valence-electron chi connectivity index (χ1n) is 11.3. The third-order valence-electron chi connectivity index (χ3n) is 6.14. The quantitative estimate of drug-likeness (QED) is 0.634. The van der Waals surface area contributed by atoms with E-state index in [0.717, 1.165) is 38.3 Å². The minimum absolute atomic E-state index is 0.142. The van der Waals surface area contributed by atoms with Crippen molar-refractivity contribution < 1.29 is 23.1 Å². The van der Waals surface area contributed by atoms with Gasteiger partial charge in [-0.25, -0.2) is 18.4 Å². The van der Waals surface area contributed by atoms with E-state index in [1.807, 2.05) is 12.1 Å². The van der Waals surface area contributed by atoms with Crippen LogP contribution in [0.1, 0.15) is 24.1 Å². The topological polar surface area (TPSA) is 73.9 Å². The molecule has 7 nitrogen and oxygen atoms in total. The maximum Gasteiger partial charge on any atom is 0.338 e. The number of amides is 2. The number of rotatable bonds is 6. The highest BCUT2D eigenvalue weighted by Crippen LogP contribution is 2.29. The normalized spacial score (nSPS) is 19.0. The van der Waals surface area contributed by atoms with Crippen molar-refractivity contribution in [3.63, 3.8) is 0 Å². The molecule has 2 heterocycles. The third-order valence-corrected chi connectivity index (χ3v) is 6.14. The van der Waals surface area contributed by atoms with E-state index in [4.69, 9.17) is 4.74 Å². The minimum Gasteiger partial charge on any atom is -0.463 e. The van der Waals surface area contributed by atoms with Crippen LogP contribution < -0.4 is 15.5 Å². The largest absolute Gasteiger partial charge is 0.463 e. The molecule has 0 bridgehead atoms. The van der Waals surface area contributed by atoms with Crippen LogP contribution in [0.25, 0.3) is 0 Å². The Bertz CT molecular complexity index is 1110. The molecule has 34 heavy (non-hydrogen) atoms. The predicted octanol–water partition coefficient (Wildman–Crippen LogP) is 3.27. The van der Waals surface area contributed by atoms with Gasteiger partial charge in [0.25, 0.3) is 0 Å². The number of ether oxygens (including phenoxy) is 1. The summed E-state index contributed by atoms with van der Waals surface area (Å²) in [5, 5.41) is 5.38. The first-order valence-corrected chi connectivity index (χ1v) is 11.3. The van der Waals surface area contributed by atoms with Gasteiger partial charge in [0.1, 0.15) is 0 Å². The lowest BCUT2D eigenvalue weighted by Crippen LogP contribution is -2.52. The van der Waals surface area contributed by atoms with Gasteiger partial charge < -0.3 is 20.3 Å². The molecule has 1 atom stereocenters. The Hall–Kier alpha value is -3.46. The average Bonchev–Trinajstić information content (AvgIpc) is 2.81. The van der Waals surface area contributed by atoms with E-state index in [-0.39, 0.29) is 17.7 Å². The van der Waals surface area contributed by atoms with E-state index < -0.39 is 29.7 Å². The minimum atomic E-state index is -1.05. The average molecular weight is 471 g/mol. The number of nitrogens with zero attached hydrogens (tertiary/aromatic N) is 2. The number of carbonyl (C=O) groups excluding carboxylic acids is 2. The molecule has 0 radical (unpaired) electrons. The molecule has 1 saturated heterocycles. The lowest BCUT2D eigenvalue weighted by molar-refractivity contribution is -0.139. The molecule has 0 saturated carbocycles. The summed E-state index contributed by atoms with van der Waals surface area (Å²) in [6.45, 7) is 7.29. The van der Waals surface area contributed by atoms with Crippen molar-refractivity contribution in [3.8, 4) is 0 Å². The van der Waals surface area contributed by atoms with Crippen molar-refractivity contribution in [1.82, 2.24) is 15.5 Å². The van der Waals surface area contributed by atoms with Crippen molar-refractivity contribution in [2.24, 2.45) is 0 Å². The summed E-state index contributed by atoms with van der Waals surface area (Å²) in [6, 6.07) is 10.1. The molecule has 4 rings (SSSR count). The summed E-state index contributed by atoms with van der Waals surface area (Å²) in [4.78, 5) is 29.8. The number of nitrogens with one attached hydrogen (secondary N) is 2. The molecule has 2 aliphatic heterocycles. The summed E-state index contributed by atoms with van der Waals surface area (Å²) >= 11 is 0. The summed E-state index contributed by atoms with van der Waals surface area (Å²) in [6.07, 6.45) is 0. The molecule has 9 heteroatoms. The number of hydrogen-bond acceptors (Lipinski definition) is 5. The molecule has 0 spiro atoms. The van der Waals surface area contributed by atoms with Crippen molar-refractivity contribution in [2.75, 3.05) is 44.2 Å². The van der Waals surface area contributed by atoms with Gasteiger partial charge in [-0.3, -0.25) is 4.90 Å². The molecule has 1 fully saturated rings. The fourth-order valence-electron chi connectivity index (χ4n) is 4.42. The molecule has 0 aromatic heterocycles. The number of piperazine rings is 1. The molecule has 2 aliphatic rings. The zero-order valence-corrected chi connectivity index (χ0v) is 19.2. The molecule has 2 aromatic carbocycles. The number of benzene rings is 2. The zero-order valence-electron chi connectivity index (χ0n) is 19.2. The number of hydrogen-bond donors (Lipinski definition) is 2. The third kappa shape index (κ3) is 5.04. The Balaban J connectivity index is 1.58. The van der Waals surface area contributed by atoms with Gasteiger partial charge in [0.15, 0.2) is 11.6 Å². The van der Waals surface area contributed by atoms with Crippen LogP contribution in [0, 0.1) is 18.6 Å². The highest BCUT2D eigenvalue weighted by atomic mass is 19.2. The van der Waals surface area contributed by atoms with Gasteiger partial charge >= 0.3 is 12.0 Å². The molecule has 1 unspecified atom stereocenters. The molecule has 0 aliphatic carbocycles. The Labute approximate surface area is 197 Å². The number of urea groups is 1. The van der Waals surface area contributed by atoms with Gasteiger partial charge in [-0.1, -0.05) is 24.3 Å². The van der Waals surface area contributed by atoms with Gasteiger partial charge in [0.05, 0.1) is 18.2 Å². The van der Waals surface area contributed by atoms with E-state index in [9.17, 15) is 18.4 Å². The molecule has 2 amide bonds. The maximum atomic E-state index is 13.9. The molecule has 2 aromatic rings. The van der Waals surface area contributed by atoms with Gasteiger partial charge in [0, 0.05) is 44.1 Å². The number of aryl methyl sites for hydroxylation is 1. The van der Waals surface area contributed by atoms with E-state index in [1.165, 1.54) is 17.3 Å². The number of para-hydroxylation sites is 1. The number of carbonyl (C=O) groups is 2. The second kappa shape index (κ2) is 10.2. The highest BCUT2D eigenvalue weighted by molar-refractivity contribution is 5.95. The highest BCUT2D eigenvalue weighted by Gasteiger charge is 2.35. The van der Waals surface area contributed by atoms with Crippen LogP contribution in [0.4, 0.5) is 19.3 Å². The monoisotopic (exact) mass is 470 g/mol. The van der Waals surface area contributed by atoms with Gasteiger partial charge in [-0.15, -0.1) is 0 Å². The summed E-state index contributed by atoms with van der Waals surface area (Å²) in [5.41, 5.74) is 3.26. The van der Waals surface area contributed by atoms with Crippen molar-refractivity contribution in [3.05, 3.63) is 76.5 Å². The van der Waals surface area contributed by atoms with Crippen molar-refractivity contribution in [2.45, 2.75) is 19.9 Å². The number of esters is 1. The van der Waals surface area contributed by atoms with Crippen LogP contribution in [-0.2, 0) is 9.53 Å².